The minimum absolute atomic E-state index is 0.0482. The van der Waals surface area contributed by atoms with Crippen LogP contribution in [0, 0.1) is 0 Å². The van der Waals surface area contributed by atoms with E-state index in [1.54, 1.807) is 0 Å². The van der Waals surface area contributed by atoms with Crippen molar-refractivity contribution in [2.45, 2.75) is 40.5 Å². The second kappa shape index (κ2) is 14.0. The highest BCUT2D eigenvalue weighted by Crippen LogP contribution is 2.21. The highest BCUT2D eigenvalue weighted by molar-refractivity contribution is 5.91. The Morgan fingerprint density at radius 1 is 0.903 bits per heavy atom. The molecule has 1 amide bonds. The van der Waals surface area contributed by atoms with E-state index < -0.39 is 6.47 Å². The van der Waals surface area contributed by atoms with Gasteiger partial charge in [0.2, 0.25) is 0 Å². The lowest BCUT2D eigenvalue weighted by Crippen LogP contribution is -2.51. The molecule has 0 heterocycles. The van der Waals surface area contributed by atoms with Crippen molar-refractivity contribution in [2.75, 3.05) is 31.5 Å². The molecule has 31 heavy (non-hydrogen) atoms. The third-order valence-corrected chi connectivity index (χ3v) is 5.40. The fourth-order valence-electron chi connectivity index (χ4n) is 3.26. The molecule has 0 radical (unpaired) electrons. The summed E-state index contributed by atoms with van der Waals surface area (Å²) in [6, 6.07) is 15.6. The van der Waals surface area contributed by atoms with Gasteiger partial charge in [0.1, 0.15) is 0 Å². The molecule has 0 aliphatic carbocycles. The van der Waals surface area contributed by atoms with Gasteiger partial charge < -0.3 is 19.7 Å². The molecule has 0 saturated carbocycles. The molecule has 0 fully saturated rings. The van der Waals surface area contributed by atoms with E-state index in [1.165, 1.54) is 5.56 Å². The Hall–Kier alpha value is -3.06. The van der Waals surface area contributed by atoms with Gasteiger partial charge in [0, 0.05) is 12.2 Å². The van der Waals surface area contributed by atoms with E-state index in [0.717, 1.165) is 54.0 Å². The summed E-state index contributed by atoms with van der Waals surface area (Å²) in [6.45, 7) is 11.5. The van der Waals surface area contributed by atoms with Crippen LogP contribution in [0.25, 0.3) is 0 Å². The maximum Gasteiger partial charge on any atom is 0.279 e. The zero-order chi connectivity index (χ0) is 23.1. The summed E-state index contributed by atoms with van der Waals surface area (Å²) in [7, 11) is 0. The normalized spacial score (nSPS) is 11.0. The van der Waals surface area contributed by atoms with Crippen molar-refractivity contribution in [3.8, 4) is 0 Å². The van der Waals surface area contributed by atoms with Gasteiger partial charge in [-0.25, -0.2) is 0 Å². The summed E-state index contributed by atoms with van der Waals surface area (Å²) < 4.78 is 0.801. The average molecular weight is 427 g/mol. The molecule has 168 valence electrons. The van der Waals surface area contributed by atoms with Crippen LogP contribution in [-0.4, -0.2) is 43.0 Å². The number of carbonyl (C=O) groups excluding carboxylic acids is 2. The number of hydrogen-bond donors (Lipinski definition) is 1. The van der Waals surface area contributed by atoms with Gasteiger partial charge in [-0.3, -0.25) is 4.79 Å². The zero-order valence-corrected chi connectivity index (χ0v) is 19.0. The Labute approximate surface area is 185 Å². The zero-order valence-electron chi connectivity index (χ0n) is 19.0. The standard InChI is InChI=1S/C23H32N4O.CH2O2/c1-5-9-19-10-12-21(13-11-19)25-26-22-16-14-20(15-17-22)24-23(28)18-27(6-2,7-3)8-4;2-1-3/h10-17H,5-9,18H2,1-4H3;1H,(H,2,3). The predicted molar refractivity (Wildman–Crippen MR) is 122 cm³/mol. The van der Waals surface area contributed by atoms with Crippen molar-refractivity contribution in [3.63, 3.8) is 0 Å². The Bertz CT molecular complexity index is 805. The third kappa shape index (κ3) is 9.09. The van der Waals surface area contributed by atoms with Gasteiger partial charge in [0.05, 0.1) is 31.0 Å². The number of nitrogens with zero attached hydrogens (tertiary/aromatic N) is 3. The fourth-order valence-corrected chi connectivity index (χ4v) is 3.26. The maximum absolute atomic E-state index is 12.4. The molecular weight excluding hydrogens is 392 g/mol. The highest BCUT2D eigenvalue weighted by Gasteiger charge is 2.24. The van der Waals surface area contributed by atoms with E-state index >= 15 is 0 Å². The molecule has 0 aromatic heterocycles. The minimum Gasteiger partial charge on any atom is -0.554 e. The second-order valence-electron chi connectivity index (χ2n) is 7.26. The predicted octanol–water partition coefficient (Wildman–Crippen LogP) is 4.24. The second-order valence-corrected chi connectivity index (χ2v) is 7.26. The number of amides is 1. The van der Waals surface area contributed by atoms with E-state index in [1.807, 2.05) is 36.4 Å². The summed E-state index contributed by atoms with van der Waals surface area (Å²) in [4.78, 5) is 20.7. The number of aryl methyl sites for hydroxylation is 1. The number of likely N-dealkylation sites (N-methyl/N-ethyl adjacent to an activating group) is 1. The molecule has 0 bridgehead atoms. The van der Waals surface area contributed by atoms with Crippen molar-refractivity contribution in [2.24, 2.45) is 10.2 Å². The van der Waals surface area contributed by atoms with Gasteiger partial charge in [-0.15, -0.1) is 0 Å². The molecule has 2 rings (SSSR count). The SMILES string of the molecule is CCCc1ccc(N=Nc2ccc(NC(=O)C[N+](CC)(CC)CC)cc2)cc1.O=C[O-]. The Balaban J connectivity index is 0.00000151. The summed E-state index contributed by atoms with van der Waals surface area (Å²) in [5.41, 5.74) is 3.70. The van der Waals surface area contributed by atoms with Gasteiger partial charge >= 0.3 is 0 Å². The molecule has 0 aliphatic heterocycles. The average Bonchev–Trinajstić information content (AvgIpc) is 2.79. The van der Waals surface area contributed by atoms with Crippen molar-refractivity contribution >= 4 is 29.4 Å². The quantitative estimate of drug-likeness (QED) is 0.350. The van der Waals surface area contributed by atoms with Gasteiger partial charge in [-0.05, 0) is 69.2 Å². The Morgan fingerprint density at radius 2 is 1.35 bits per heavy atom. The molecule has 0 unspecified atom stereocenters. The number of rotatable bonds is 10. The van der Waals surface area contributed by atoms with Crippen LogP contribution in [0.15, 0.2) is 58.8 Å². The van der Waals surface area contributed by atoms with Crippen LogP contribution in [0.1, 0.15) is 39.7 Å². The number of carbonyl (C=O) groups is 2. The van der Waals surface area contributed by atoms with Gasteiger partial charge in [0.15, 0.2) is 6.54 Å². The van der Waals surface area contributed by atoms with Crippen LogP contribution in [0.4, 0.5) is 17.1 Å². The van der Waals surface area contributed by atoms with Gasteiger partial charge in [-0.2, -0.15) is 10.2 Å². The van der Waals surface area contributed by atoms with E-state index in [2.05, 4.69) is 55.4 Å². The third-order valence-electron chi connectivity index (χ3n) is 5.40. The monoisotopic (exact) mass is 426 g/mol. The smallest absolute Gasteiger partial charge is 0.279 e. The van der Waals surface area contributed by atoms with Crippen molar-refractivity contribution in [3.05, 3.63) is 54.1 Å². The molecule has 0 saturated heterocycles. The van der Waals surface area contributed by atoms with Crippen LogP contribution >= 0.6 is 0 Å². The fraction of sp³-hybridized carbons (Fsp3) is 0.417. The molecule has 2 aromatic carbocycles. The first-order chi connectivity index (χ1) is 14.9. The highest BCUT2D eigenvalue weighted by atomic mass is 16.3. The topological polar surface area (TPSA) is 94.0 Å². The largest absolute Gasteiger partial charge is 0.554 e. The van der Waals surface area contributed by atoms with Gasteiger partial charge in [0.25, 0.3) is 5.91 Å². The maximum atomic E-state index is 12.4. The van der Waals surface area contributed by atoms with Crippen LogP contribution in [0.2, 0.25) is 0 Å². The van der Waals surface area contributed by atoms with Crippen molar-refractivity contribution in [1.29, 1.82) is 0 Å². The van der Waals surface area contributed by atoms with Crippen molar-refractivity contribution in [1.82, 2.24) is 0 Å². The molecule has 7 heteroatoms. The summed E-state index contributed by atoms with van der Waals surface area (Å²) >= 11 is 0. The number of carboxylic acid groups (broad SMARTS) is 1. The van der Waals surface area contributed by atoms with Crippen molar-refractivity contribution < 1.29 is 19.2 Å². The first kappa shape index (κ1) is 26.0. The van der Waals surface area contributed by atoms with Crippen LogP contribution in [0.3, 0.4) is 0 Å². The number of quaternary nitrogens is 1. The lowest BCUT2D eigenvalue weighted by Gasteiger charge is -2.34. The number of hydrogen-bond acceptors (Lipinski definition) is 5. The Morgan fingerprint density at radius 3 is 1.77 bits per heavy atom. The number of benzene rings is 2. The number of nitrogens with one attached hydrogen (secondary N) is 1. The minimum atomic E-state index is -0.500. The molecule has 1 N–H and O–H groups in total. The van der Waals surface area contributed by atoms with E-state index in [4.69, 9.17) is 9.90 Å². The lowest BCUT2D eigenvalue weighted by molar-refractivity contribution is -0.915. The summed E-state index contributed by atoms with van der Waals surface area (Å²) in [5.74, 6) is 0.0482. The van der Waals surface area contributed by atoms with Crippen LogP contribution < -0.4 is 10.4 Å². The van der Waals surface area contributed by atoms with E-state index in [0.29, 0.717) is 6.54 Å². The van der Waals surface area contributed by atoms with Crippen LogP contribution in [0.5, 0.6) is 0 Å². The molecule has 0 spiro atoms. The molecule has 7 nitrogen and oxygen atoms in total. The molecule has 2 aromatic rings. The van der Waals surface area contributed by atoms with Gasteiger partial charge in [-0.1, -0.05) is 25.5 Å². The Kier molecular flexibility index (Phi) is 11.8. The first-order valence-corrected chi connectivity index (χ1v) is 10.8. The number of anilines is 1. The van der Waals surface area contributed by atoms with E-state index in [-0.39, 0.29) is 5.91 Å². The molecule has 0 aliphatic rings. The molecule has 0 atom stereocenters. The number of azo groups is 1. The lowest BCUT2D eigenvalue weighted by atomic mass is 10.1. The first-order valence-electron chi connectivity index (χ1n) is 10.8. The summed E-state index contributed by atoms with van der Waals surface area (Å²) in [5, 5.41) is 19.8. The van der Waals surface area contributed by atoms with E-state index in [9.17, 15) is 4.79 Å². The molecular formula is C24H34N4O3. The summed E-state index contributed by atoms with van der Waals surface area (Å²) in [6.07, 6.45) is 2.22. The van der Waals surface area contributed by atoms with Crippen LogP contribution in [-0.2, 0) is 16.0 Å².